The highest BCUT2D eigenvalue weighted by Gasteiger charge is 2.53. The van der Waals surface area contributed by atoms with Crippen LogP contribution in [0.3, 0.4) is 0 Å². The summed E-state index contributed by atoms with van der Waals surface area (Å²) in [5.41, 5.74) is 6.71. The molecule has 2 saturated carbocycles. The van der Waals surface area contributed by atoms with E-state index < -0.39 is 0 Å². The highest BCUT2D eigenvalue weighted by atomic mass is 32.2. The van der Waals surface area contributed by atoms with Gasteiger partial charge in [0.2, 0.25) is 0 Å². The van der Waals surface area contributed by atoms with Crippen LogP contribution in [-0.2, 0) is 0 Å². The lowest BCUT2D eigenvalue weighted by Gasteiger charge is -2.57. The Kier molecular flexibility index (Phi) is 3.67. The SMILES string of the molecule is CCCSC1(CN)CC2(CCCCC2)C1. The van der Waals surface area contributed by atoms with Crippen molar-refractivity contribution in [2.75, 3.05) is 12.3 Å². The average Bonchev–Trinajstić information content (AvgIpc) is 2.24. The van der Waals surface area contributed by atoms with Crippen molar-refractivity contribution in [2.24, 2.45) is 11.1 Å². The summed E-state index contributed by atoms with van der Waals surface area (Å²) >= 11 is 2.15. The van der Waals surface area contributed by atoms with Crippen LogP contribution in [0.5, 0.6) is 0 Å². The normalized spacial score (nSPS) is 27.6. The van der Waals surface area contributed by atoms with Crippen molar-refractivity contribution < 1.29 is 0 Å². The Morgan fingerprint density at radius 1 is 1.13 bits per heavy atom. The molecule has 1 nitrogen and oxygen atoms in total. The smallest absolute Gasteiger partial charge is 0.0292 e. The molecule has 0 heterocycles. The molecule has 0 saturated heterocycles. The summed E-state index contributed by atoms with van der Waals surface area (Å²) in [4.78, 5) is 0. The maximum Gasteiger partial charge on any atom is 0.0292 e. The second kappa shape index (κ2) is 4.67. The minimum absolute atomic E-state index is 0.480. The van der Waals surface area contributed by atoms with Crippen molar-refractivity contribution in [1.82, 2.24) is 0 Å². The molecule has 0 aromatic heterocycles. The first-order chi connectivity index (χ1) is 7.24. The third-order valence-electron chi connectivity index (χ3n) is 4.29. The van der Waals surface area contributed by atoms with E-state index in [0.29, 0.717) is 4.75 Å². The maximum absolute atomic E-state index is 5.98. The Morgan fingerprint density at radius 2 is 1.80 bits per heavy atom. The molecule has 1 spiro atoms. The zero-order valence-corrected chi connectivity index (χ0v) is 10.9. The molecule has 2 N–H and O–H groups in total. The summed E-state index contributed by atoms with van der Waals surface area (Å²) in [6, 6.07) is 0. The van der Waals surface area contributed by atoms with Crippen molar-refractivity contribution in [3.63, 3.8) is 0 Å². The van der Waals surface area contributed by atoms with Crippen LogP contribution in [0.4, 0.5) is 0 Å². The molecule has 2 fully saturated rings. The van der Waals surface area contributed by atoms with Crippen LogP contribution >= 0.6 is 11.8 Å². The summed E-state index contributed by atoms with van der Waals surface area (Å²) in [6.07, 6.45) is 11.5. The number of rotatable bonds is 4. The van der Waals surface area contributed by atoms with E-state index in [0.717, 1.165) is 12.0 Å². The molecule has 88 valence electrons. The first-order valence-electron chi connectivity index (χ1n) is 6.58. The lowest BCUT2D eigenvalue weighted by Crippen LogP contribution is -2.54. The van der Waals surface area contributed by atoms with Crippen LogP contribution in [0, 0.1) is 5.41 Å². The first kappa shape index (κ1) is 11.8. The van der Waals surface area contributed by atoms with Crippen molar-refractivity contribution in [3.8, 4) is 0 Å². The van der Waals surface area contributed by atoms with E-state index >= 15 is 0 Å². The fraction of sp³-hybridized carbons (Fsp3) is 1.00. The Balaban J connectivity index is 1.86. The molecule has 0 atom stereocenters. The minimum atomic E-state index is 0.480. The van der Waals surface area contributed by atoms with Gasteiger partial charge < -0.3 is 5.73 Å². The van der Waals surface area contributed by atoms with Gasteiger partial charge in [0, 0.05) is 11.3 Å². The summed E-state index contributed by atoms with van der Waals surface area (Å²) < 4.78 is 0.480. The average molecular weight is 227 g/mol. The molecule has 0 aromatic carbocycles. The summed E-state index contributed by atoms with van der Waals surface area (Å²) in [5.74, 6) is 1.30. The largest absolute Gasteiger partial charge is 0.329 e. The van der Waals surface area contributed by atoms with Crippen LogP contribution in [0.25, 0.3) is 0 Å². The van der Waals surface area contributed by atoms with E-state index in [1.54, 1.807) is 0 Å². The fourth-order valence-electron chi connectivity index (χ4n) is 3.59. The van der Waals surface area contributed by atoms with E-state index in [9.17, 15) is 0 Å². The highest BCUT2D eigenvalue weighted by molar-refractivity contribution is 8.00. The quantitative estimate of drug-likeness (QED) is 0.794. The minimum Gasteiger partial charge on any atom is -0.329 e. The van der Waals surface area contributed by atoms with Gasteiger partial charge in [-0.2, -0.15) is 11.8 Å². The molecule has 2 aliphatic rings. The molecule has 0 unspecified atom stereocenters. The predicted molar refractivity (Wildman–Crippen MR) is 69.3 cm³/mol. The highest BCUT2D eigenvalue weighted by Crippen LogP contribution is 2.61. The molecule has 2 heteroatoms. The van der Waals surface area contributed by atoms with Gasteiger partial charge in [-0.3, -0.25) is 0 Å². The summed E-state index contributed by atoms with van der Waals surface area (Å²) in [5, 5.41) is 0. The van der Waals surface area contributed by atoms with Gasteiger partial charge in [-0.15, -0.1) is 0 Å². The van der Waals surface area contributed by atoms with E-state index in [4.69, 9.17) is 5.73 Å². The number of thioether (sulfide) groups is 1. The van der Waals surface area contributed by atoms with Gasteiger partial charge in [0.25, 0.3) is 0 Å². The fourth-order valence-corrected chi connectivity index (χ4v) is 5.17. The van der Waals surface area contributed by atoms with Gasteiger partial charge in [0.1, 0.15) is 0 Å². The summed E-state index contributed by atoms with van der Waals surface area (Å²) in [6.45, 7) is 3.17. The third-order valence-corrected chi connectivity index (χ3v) is 5.97. The van der Waals surface area contributed by atoms with Crippen LogP contribution in [-0.4, -0.2) is 17.0 Å². The second-order valence-corrected chi connectivity index (χ2v) is 7.21. The number of hydrogen-bond donors (Lipinski definition) is 1. The van der Waals surface area contributed by atoms with Gasteiger partial charge in [0.15, 0.2) is 0 Å². The van der Waals surface area contributed by atoms with E-state index in [1.165, 1.54) is 57.1 Å². The molecule has 15 heavy (non-hydrogen) atoms. The Labute approximate surface area is 98.6 Å². The van der Waals surface area contributed by atoms with Crippen molar-refractivity contribution in [3.05, 3.63) is 0 Å². The van der Waals surface area contributed by atoms with Gasteiger partial charge >= 0.3 is 0 Å². The van der Waals surface area contributed by atoms with Gasteiger partial charge in [-0.25, -0.2) is 0 Å². The standard InChI is InChI=1S/C13H25NS/c1-2-8-15-13(11-14)9-12(10-13)6-4-3-5-7-12/h2-11,14H2,1H3. The topological polar surface area (TPSA) is 26.0 Å². The molecule has 0 aromatic rings. The van der Waals surface area contributed by atoms with Crippen LogP contribution in [0.1, 0.15) is 58.3 Å². The molecular formula is C13H25NS. The van der Waals surface area contributed by atoms with Gasteiger partial charge in [-0.1, -0.05) is 26.2 Å². The molecule has 2 rings (SSSR count). The van der Waals surface area contributed by atoms with Gasteiger partial charge in [0.05, 0.1) is 0 Å². The lowest BCUT2D eigenvalue weighted by atomic mass is 9.55. The van der Waals surface area contributed by atoms with Crippen LogP contribution < -0.4 is 5.73 Å². The van der Waals surface area contributed by atoms with Crippen molar-refractivity contribution in [2.45, 2.75) is 63.0 Å². The van der Waals surface area contributed by atoms with E-state index in [-0.39, 0.29) is 0 Å². The Morgan fingerprint density at radius 3 is 2.33 bits per heavy atom. The zero-order valence-electron chi connectivity index (χ0n) is 10.1. The van der Waals surface area contributed by atoms with Crippen LogP contribution in [0.2, 0.25) is 0 Å². The predicted octanol–water partition coefficient (Wildman–Crippen LogP) is 3.57. The Bertz CT molecular complexity index is 201. The molecule has 0 bridgehead atoms. The number of hydrogen-bond acceptors (Lipinski definition) is 2. The molecule has 0 amide bonds. The van der Waals surface area contributed by atoms with Crippen molar-refractivity contribution >= 4 is 11.8 Å². The molecular weight excluding hydrogens is 202 g/mol. The first-order valence-corrected chi connectivity index (χ1v) is 7.57. The second-order valence-electron chi connectivity index (χ2n) is 5.65. The van der Waals surface area contributed by atoms with E-state index in [2.05, 4.69) is 18.7 Å². The third kappa shape index (κ3) is 2.36. The summed E-state index contributed by atoms with van der Waals surface area (Å²) in [7, 11) is 0. The monoisotopic (exact) mass is 227 g/mol. The molecule has 0 aliphatic heterocycles. The molecule has 0 radical (unpaired) electrons. The Hall–Kier alpha value is 0.310. The van der Waals surface area contributed by atoms with E-state index in [1.807, 2.05) is 0 Å². The number of nitrogens with two attached hydrogens (primary N) is 1. The lowest BCUT2D eigenvalue weighted by molar-refractivity contribution is 0.0402. The van der Waals surface area contributed by atoms with Crippen LogP contribution in [0.15, 0.2) is 0 Å². The maximum atomic E-state index is 5.98. The molecule has 2 aliphatic carbocycles. The van der Waals surface area contributed by atoms with Crippen molar-refractivity contribution in [1.29, 1.82) is 0 Å². The zero-order chi connectivity index (χ0) is 10.8. The van der Waals surface area contributed by atoms with Gasteiger partial charge in [-0.05, 0) is 43.3 Å².